The molecule has 0 aliphatic heterocycles. The standard InChI is InChI=1S/C13H14IN3S/c14-10-4-5-12(15-6-10)16-7-11-8-18-13(17-11)9-2-1-3-9/h4-6,8-9H,1-3,7H2,(H,15,16). The molecule has 94 valence electrons. The number of aromatic nitrogens is 2. The third-order valence-electron chi connectivity index (χ3n) is 3.20. The molecule has 0 unspecified atom stereocenters. The molecule has 0 atom stereocenters. The highest BCUT2D eigenvalue weighted by molar-refractivity contribution is 14.1. The van der Waals surface area contributed by atoms with Crippen LogP contribution in [-0.4, -0.2) is 9.97 Å². The lowest BCUT2D eigenvalue weighted by Gasteiger charge is -2.22. The van der Waals surface area contributed by atoms with Crippen LogP contribution < -0.4 is 5.32 Å². The van der Waals surface area contributed by atoms with Gasteiger partial charge in [0.25, 0.3) is 0 Å². The average Bonchev–Trinajstić information content (AvgIpc) is 2.75. The Morgan fingerprint density at radius 2 is 2.28 bits per heavy atom. The van der Waals surface area contributed by atoms with Crippen LogP contribution >= 0.6 is 33.9 Å². The number of rotatable bonds is 4. The molecule has 0 aromatic carbocycles. The summed E-state index contributed by atoms with van der Waals surface area (Å²) in [4.78, 5) is 9.01. The van der Waals surface area contributed by atoms with Gasteiger partial charge in [-0.25, -0.2) is 9.97 Å². The molecule has 0 spiro atoms. The molecule has 2 aromatic rings. The second-order valence-corrected chi connectivity index (χ2v) is 6.66. The summed E-state index contributed by atoms with van der Waals surface area (Å²) in [6.07, 6.45) is 5.87. The fourth-order valence-corrected chi connectivity index (χ4v) is 3.22. The van der Waals surface area contributed by atoms with Crippen molar-refractivity contribution in [1.29, 1.82) is 0 Å². The summed E-state index contributed by atoms with van der Waals surface area (Å²) in [7, 11) is 0. The van der Waals surface area contributed by atoms with Crippen molar-refractivity contribution in [2.45, 2.75) is 31.7 Å². The van der Waals surface area contributed by atoms with Crippen molar-refractivity contribution in [3.8, 4) is 0 Å². The summed E-state index contributed by atoms with van der Waals surface area (Å²) in [5.74, 6) is 1.65. The van der Waals surface area contributed by atoms with Crippen molar-refractivity contribution in [1.82, 2.24) is 9.97 Å². The summed E-state index contributed by atoms with van der Waals surface area (Å²) in [6.45, 7) is 0.761. The molecular formula is C13H14IN3S. The largest absolute Gasteiger partial charge is 0.364 e. The molecule has 0 bridgehead atoms. The van der Waals surface area contributed by atoms with Gasteiger partial charge in [-0.05, 0) is 47.6 Å². The van der Waals surface area contributed by atoms with Gasteiger partial charge >= 0.3 is 0 Å². The van der Waals surface area contributed by atoms with Crippen molar-refractivity contribution in [3.63, 3.8) is 0 Å². The molecule has 1 aliphatic rings. The Kier molecular flexibility index (Phi) is 3.79. The van der Waals surface area contributed by atoms with E-state index in [0.29, 0.717) is 0 Å². The van der Waals surface area contributed by atoms with Gasteiger partial charge in [0.05, 0.1) is 17.2 Å². The Hall–Kier alpha value is -0.690. The molecule has 18 heavy (non-hydrogen) atoms. The Bertz CT molecular complexity index is 519. The van der Waals surface area contributed by atoms with Crippen molar-refractivity contribution in [2.24, 2.45) is 0 Å². The highest BCUT2D eigenvalue weighted by Gasteiger charge is 2.22. The maximum Gasteiger partial charge on any atom is 0.126 e. The van der Waals surface area contributed by atoms with Crippen LogP contribution in [0.5, 0.6) is 0 Å². The van der Waals surface area contributed by atoms with Crippen LogP contribution in [0.2, 0.25) is 0 Å². The first-order chi connectivity index (χ1) is 8.81. The van der Waals surface area contributed by atoms with E-state index in [1.54, 1.807) is 11.3 Å². The second-order valence-electron chi connectivity index (χ2n) is 4.52. The van der Waals surface area contributed by atoms with Crippen molar-refractivity contribution >= 4 is 39.7 Å². The Balaban J connectivity index is 1.59. The van der Waals surface area contributed by atoms with Crippen molar-refractivity contribution in [2.75, 3.05) is 5.32 Å². The molecular weight excluding hydrogens is 357 g/mol. The first-order valence-corrected chi connectivity index (χ1v) is 8.07. The zero-order valence-corrected chi connectivity index (χ0v) is 12.9. The monoisotopic (exact) mass is 371 g/mol. The average molecular weight is 371 g/mol. The van der Waals surface area contributed by atoms with Crippen molar-refractivity contribution in [3.05, 3.63) is 38.0 Å². The highest BCUT2D eigenvalue weighted by atomic mass is 127. The normalized spacial score (nSPS) is 15.4. The van der Waals surface area contributed by atoms with E-state index in [-0.39, 0.29) is 0 Å². The van der Waals surface area contributed by atoms with E-state index in [9.17, 15) is 0 Å². The van der Waals surface area contributed by atoms with E-state index >= 15 is 0 Å². The lowest BCUT2D eigenvalue weighted by atomic mass is 9.86. The molecule has 0 amide bonds. The zero-order chi connectivity index (χ0) is 12.4. The fraction of sp³-hybridized carbons (Fsp3) is 0.385. The lowest BCUT2D eigenvalue weighted by molar-refractivity contribution is 0.418. The first-order valence-electron chi connectivity index (χ1n) is 6.11. The Labute approximate surface area is 124 Å². The molecule has 0 saturated heterocycles. The second kappa shape index (κ2) is 5.52. The van der Waals surface area contributed by atoms with Gasteiger partial charge in [0.1, 0.15) is 5.82 Å². The van der Waals surface area contributed by atoms with Crippen LogP contribution in [0.25, 0.3) is 0 Å². The van der Waals surface area contributed by atoms with Crippen molar-refractivity contribution < 1.29 is 0 Å². The number of hydrogen-bond donors (Lipinski definition) is 1. The molecule has 1 fully saturated rings. The molecule has 1 aliphatic carbocycles. The quantitative estimate of drug-likeness (QED) is 0.825. The van der Waals surface area contributed by atoms with E-state index in [4.69, 9.17) is 4.98 Å². The van der Waals surface area contributed by atoms with E-state index in [1.807, 2.05) is 12.3 Å². The van der Waals surface area contributed by atoms with Gasteiger partial charge in [-0.2, -0.15) is 0 Å². The minimum Gasteiger partial charge on any atom is -0.364 e. The van der Waals surface area contributed by atoms with Gasteiger partial charge in [0, 0.05) is 21.1 Å². The van der Waals surface area contributed by atoms with Crippen LogP contribution in [-0.2, 0) is 6.54 Å². The Morgan fingerprint density at radius 3 is 2.94 bits per heavy atom. The highest BCUT2D eigenvalue weighted by Crippen LogP contribution is 2.37. The molecule has 1 N–H and O–H groups in total. The van der Waals surface area contributed by atoms with E-state index in [0.717, 1.165) is 27.5 Å². The molecule has 5 heteroatoms. The Morgan fingerprint density at radius 1 is 1.39 bits per heavy atom. The van der Waals surface area contributed by atoms with Gasteiger partial charge < -0.3 is 5.32 Å². The van der Waals surface area contributed by atoms with Crippen LogP contribution in [0.1, 0.15) is 35.9 Å². The zero-order valence-electron chi connectivity index (χ0n) is 9.90. The summed E-state index contributed by atoms with van der Waals surface area (Å²) in [5, 5.41) is 6.78. The number of thiazole rings is 1. The molecule has 3 rings (SSSR count). The summed E-state index contributed by atoms with van der Waals surface area (Å²) >= 11 is 4.05. The SMILES string of the molecule is Ic1ccc(NCc2csc(C3CCC3)n2)nc1. The maximum absolute atomic E-state index is 4.69. The van der Waals surface area contributed by atoms with E-state index in [1.165, 1.54) is 24.3 Å². The molecule has 1 saturated carbocycles. The molecule has 0 radical (unpaired) electrons. The predicted molar refractivity (Wildman–Crippen MR) is 83.0 cm³/mol. The van der Waals surface area contributed by atoms with E-state index < -0.39 is 0 Å². The third-order valence-corrected chi connectivity index (χ3v) is 4.90. The van der Waals surface area contributed by atoms with Gasteiger partial charge in [-0.15, -0.1) is 11.3 Å². The van der Waals surface area contributed by atoms with Gasteiger partial charge in [-0.1, -0.05) is 6.42 Å². The number of pyridine rings is 1. The smallest absolute Gasteiger partial charge is 0.126 e. The molecule has 2 aromatic heterocycles. The van der Waals surface area contributed by atoms with Gasteiger partial charge in [0.15, 0.2) is 0 Å². The van der Waals surface area contributed by atoms with Gasteiger partial charge in [-0.3, -0.25) is 0 Å². The summed E-state index contributed by atoms with van der Waals surface area (Å²) in [6, 6.07) is 4.05. The number of nitrogens with zero attached hydrogens (tertiary/aromatic N) is 2. The number of halogens is 1. The fourth-order valence-electron chi connectivity index (χ4n) is 1.91. The molecule has 3 nitrogen and oxygen atoms in total. The van der Waals surface area contributed by atoms with Crippen LogP contribution in [0.15, 0.2) is 23.7 Å². The van der Waals surface area contributed by atoms with Crippen LogP contribution in [0.4, 0.5) is 5.82 Å². The number of anilines is 1. The minimum atomic E-state index is 0.736. The predicted octanol–water partition coefficient (Wildman–Crippen LogP) is 4.02. The first kappa shape index (κ1) is 12.3. The third kappa shape index (κ3) is 2.83. The number of nitrogens with one attached hydrogen (secondary N) is 1. The van der Waals surface area contributed by atoms with Crippen LogP contribution in [0, 0.1) is 3.57 Å². The summed E-state index contributed by atoms with van der Waals surface area (Å²) < 4.78 is 1.15. The van der Waals surface area contributed by atoms with Gasteiger partial charge in [0.2, 0.25) is 0 Å². The topological polar surface area (TPSA) is 37.8 Å². The lowest BCUT2D eigenvalue weighted by Crippen LogP contribution is -2.08. The molecule has 2 heterocycles. The van der Waals surface area contributed by atoms with Crippen LogP contribution in [0.3, 0.4) is 0 Å². The number of hydrogen-bond acceptors (Lipinski definition) is 4. The summed E-state index contributed by atoms with van der Waals surface area (Å²) in [5.41, 5.74) is 1.13. The minimum absolute atomic E-state index is 0.736. The van der Waals surface area contributed by atoms with E-state index in [2.05, 4.69) is 44.3 Å². The maximum atomic E-state index is 4.69.